The molecular formula is C31H32N6O8. The second kappa shape index (κ2) is 14.6. The van der Waals surface area contributed by atoms with Crippen LogP contribution in [0.4, 0.5) is 10.5 Å². The summed E-state index contributed by atoms with van der Waals surface area (Å²) in [4.78, 5) is 60.8. The Morgan fingerprint density at radius 3 is 2.33 bits per heavy atom. The summed E-state index contributed by atoms with van der Waals surface area (Å²) in [5.41, 5.74) is 7.05. The first-order chi connectivity index (χ1) is 21.5. The number of hydrogen-bond donors (Lipinski definition) is 3. The van der Waals surface area contributed by atoms with Gasteiger partial charge in [-0.2, -0.15) is 0 Å². The van der Waals surface area contributed by atoms with E-state index in [1.54, 1.807) is 38.1 Å². The Morgan fingerprint density at radius 2 is 1.71 bits per heavy atom. The van der Waals surface area contributed by atoms with Crippen LogP contribution in [0.2, 0.25) is 0 Å². The van der Waals surface area contributed by atoms with Gasteiger partial charge in [-0.1, -0.05) is 60.7 Å². The van der Waals surface area contributed by atoms with E-state index in [4.69, 9.17) is 15.3 Å². The summed E-state index contributed by atoms with van der Waals surface area (Å²) in [6.45, 7) is 3.42. The van der Waals surface area contributed by atoms with E-state index in [0.717, 1.165) is 28.7 Å². The number of hydroxylamine groups is 2. The number of aromatic hydroxyl groups is 1. The highest BCUT2D eigenvalue weighted by molar-refractivity contribution is 5.99. The van der Waals surface area contributed by atoms with Crippen molar-refractivity contribution in [1.82, 2.24) is 15.3 Å². The minimum atomic E-state index is -1.33. The number of carbonyl (C=O) groups excluding carboxylic acids is 3. The van der Waals surface area contributed by atoms with E-state index in [9.17, 15) is 29.6 Å². The number of nitro groups is 1. The molecule has 0 spiro atoms. The van der Waals surface area contributed by atoms with Crippen LogP contribution in [0.25, 0.3) is 5.70 Å². The number of nitrogens with zero attached hydrogens (tertiary/aromatic N) is 4. The van der Waals surface area contributed by atoms with E-state index in [2.05, 4.69) is 10.3 Å². The van der Waals surface area contributed by atoms with Gasteiger partial charge in [-0.25, -0.2) is 9.59 Å². The van der Waals surface area contributed by atoms with Gasteiger partial charge in [0, 0.05) is 23.9 Å². The molecule has 2 amide bonds. The maximum absolute atomic E-state index is 14.0. The predicted octanol–water partition coefficient (Wildman–Crippen LogP) is 3.81. The van der Waals surface area contributed by atoms with E-state index in [-0.39, 0.29) is 30.3 Å². The van der Waals surface area contributed by atoms with E-state index in [1.807, 2.05) is 36.4 Å². The van der Waals surface area contributed by atoms with Gasteiger partial charge in [0.2, 0.25) is 5.96 Å². The van der Waals surface area contributed by atoms with Gasteiger partial charge in [0.05, 0.1) is 17.4 Å². The molecule has 0 aromatic heterocycles. The number of hydrogen-bond acceptors (Lipinski definition) is 9. The highest BCUT2D eigenvalue weighted by Crippen LogP contribution is 2.32. The maximum Gasteiger partial charge on any atom is 0.437 e. The number of amides is 2. The highest BCUT2D eigenvalue weighted by Gasteiger charge is 2.41. The summed E-state index contributed by atoms with van der Waals surface area (Å²) in [6, 6.07) is 20.9. The Labute approximate surface area is 258 Å². The van der Waals surface area contributed by atoms with Crippen LogP contribution in [0.1, 0.15) is 37.0 Å². The number of phenols is 1. The van der Waals surface area contributed by atoms with Gasteiger partial charge in [-0.3, -0.25) is 25.1 Å². The van der Waals surface area contributed by atoms with Gasteiger partial charge in [0.1, 0.15) is 18.1 Å². The lowest BCUT2D eigenvalue weighted by molar-refractivity contribution is -0.385. The number of nitrogens with two attached hydrogens (primary N) is 1. The molecule has 14 nitrogen and oxygen atoms in total. The minimum absolute atomic E-state index is 0.0571. The van der Waals surface area contributed by atoms with Crippen LogP contribution in [-0.2, 0) is 32.2 Å². The van der Waals surface area contributed by atoms with Crippen molar-refractivity contribution >= 4 is 35.3 Å². The van der Waals surface area contributed by atoms with E-state index >= 15 is 0 Å². The third-order valence-electron chi connectivity index (χ3n) is 6.42. The van der Waals surface area contributed by atoms with Crippen LogP contribution in [0.5, 0.6) is 5.75 Å². The number of nitro benzene ring substituents is 1. The molecule has 1 atom stereocenters. The van der Waals surface area contributed by atoms with Crippen molar-refractivity contribution in [2.45, 2.75) is 45.5 Å². The Hall–Kier alpha value is -5.76. The monoisotopic (exact) mass is 616 g/mol. The molecule has 0 aliphatic carbocycles. The molecule has 3 aromatic carbocycles. The van der Waals surface area contributed by atoms with Crippen LogP contribution in [-0.4, -0.2) is 56.1 Å². The van der Waals surface area contributed by atoms with Crippen LogP contribution in [0.3, 0.4) is 0 Å². The standard InChI is InChI=1S/C31H32N6O8/c1-20(2)33-28-29(40)36(45-27(39)14-13-21-9-5-3-6-10-21)26(23-15-24(37(42)43)17-25(38)16-23)18-35(28)30(32)34-31(41)44-19-22-11-7-4-8-12-22/h3-12,15-18,20,28,33,38H,13-14,19H2,1-2H3,(H2,32,34,41). The number of aliphatic imine (C=N–C) groups is 1. The van der Waals surface area contributed by atoms with Crippen molar-refractivity contribution in [3.05, 3.63) is 112 Å². The molecule has 4 N–H and O–H groups in total. The molecule has 1 unspecified atom stereocenters. The fraction of sp³-hybridized carbons (Fsp3) is 0.226. The average molecular weight is 617 g/mol. The quantitative estimate of drug-likeness (QED) is 0.130. The van der Waals surface area contributed by atoms with Crippen LogP contribution in [0.15, 0.2) is 90.1 Å². The molecule has 0 bridgehead atoms. The lowest BCUT2D eigenvalue weighted by atomic mass is 10.1. The molecule has 0 saturated heterocycles. The second-order valence-corrected chi connectivity index (χ2v) is 10.2. The first-order valence-electron chi connectivity index (χ1n) is 13.9. The number of aryl methyl sites for hydroxylation is 1. The number of phenolic OH excluding ortho intramolecular Hbond substituents is 1. The van der Waals surface area contributed by atoms with Crippen molar-refractivity contribution < 1.29 is 34.0 Å². The molecule has 0 fully saturated rings. The van der Waals surface area contributed by atoms with Gasteiger partial charge >= 0.3 is 12.1 Å². The molecular weight excluding hydrogens is 584 g/mol. The van der Waals surface area contributed by atoms with E-state index < -0.39 is 46.5 Å². The predicted molar refractivity (Wildman–Crippen MR) is 163 cm³/mol. The highest BCUT2D eigenvalue weighted by atomic mass is 16.7. The fourth-order valence-corrected chi connectivity index (χ4v) is 4.35. The third-order valence-corrected chi connectivity index (χ3v) is 6.42. The Morgan fingerprint density at radius 1 is 1.07 bits per heavy atom. The molecule has 14 heteroatoms. The number of ether oxygens (including phenoxy) is 1. The number of nitrogens with one attached hydrogen (secondary N) is 1. The zero-order valence-electron chi connectivity index (χ0n) is 24.5. The first kappa shape index (κ1) is 32.2. The van der Waals surface area contributed by atoms with Crippen LogP contribution in [0, 0.1) is 10.1 Å². The smallest absolute Gasteiger partial charge is 0.437 e. The maximum atomic E-state index is 14.0. The van der Waals surface area contributed by atoms with Gasteiger partial charge in [0.25, 0.3) is 11.6 Å². The fourth-order valence-electron chi connectivity index (χ4n) is 4.35. The lowest BCUT2D eigenvalue weighted by Gasteiger charge is -2.39. The third kappa shape index (κ3) is 8.64. The summed E-state index contributed by atoms with van der Waals surface area (Å²) < 4.78 is 5.19. The minimum Gasteiger partial charge on any atom is -0.508 e. The largest absolute Gasteiger partial charge is 0.508 e. The second-order valence-electron chi connectivity index (χ2n) is 10.2. The summed E-state index contributed by atoms with van der Waals surface area (Å²) >= 11 is 0. The Balaban J connectivity index is 1.70. The zero-order chi connectivity index (χ0) is 32.5. The summed E-state index contributed by atoms with van der Waals surface area (Å²) in [6.07, 6.45) is -0.904. The number of carbonyl (C=O) groups is 3. The molecule has 1 aliphatic heterocycles. The first-order valence-corrected chi connectivity index (χ1v) is 13.9. The van der Waals surface area contributed by atoms with Gasteiger partial charge < -0.3 is 20.4 Å². The van der Waals surface area contributed by atoms with Gasteiger partial charge in [-0.15, -0.1) is 10.1 Å². The molecule has 3 aromatic rings. The van der Waals surface area contributed by atoms with Crippen LogP contribution < -0.4 is 11.1 Å². The summed E-state index contributed by atoms with van der Waals surface area (Å²) in [5, 5.41) is 25.5. The topological polar surface area (TPSA) is 190 Å². The van der Waals surface area contributed by atoms with Gasteiger partial charge in [0.15, 0.2) is 6.17 Å². The zero-order valence-corrected chi connectivity index (χ0v) is 24.5. The Kier molecular flexibility index (Phi) is 10.4. The van der Waals surface area contributed by atoms with E-state index in [0.29, 0.717) is 17.0 Å². The van der Waals surface area contributed by atoms with E-state index in [1.165, 1.54) is 6.20 Å². The molecule has 1 heterocycles. The normalized spacial score (nSPS) is 15.1. The van der Waals surface area contributed by atoms with Crippen LogP contribution >= 0.6 is 0 Å². The number of non-ortho nitro benzene ring substituents is 1. The lowest BCUT2D eigenvalue weighted by Crippen LogP contribution is -2.61. The number of guanidine groups is 1. The van der Waals surface area contributed by atoms with Crippen molar-refractivity contribution in [2.24, 2.45) is 10.7 Å². The van der Waals surface area contributed by atoms with Crippen molar-refractivity contribution in [3.63, 3.8) is 0 Å². The summed E-state index contributed by atoms with van der Waals surface area (Å²) in [7, 11) is 0. The van der Waals surface area contributed by atoms with Crippen molar-refractivity contribution in [2.75, 3.05) is 0 Å². The van der Waals surface area contributed by atoms with Crippen molar-refractivity contribution in [3.8, 4) is 5.75 Å². The number of rotatable bonds is 10. The molecule has 234 valence electrons. The molecule has 0 saturated carbocycles. The van der Waals surface area contributed by atoms with Gasteiger partial charge in [-0.05, 0) is 37.5 Å². The number of benzene rings is 3. The molecule has 45 heavy (non-hydrogen) atoms. The molecule has 1 aliphatic rings. The Bertz CT molecular complexity index is 1610. The summed E-state index contributed by atoms with van der Waals surface area (Å²) in [5.74, 6) is -2.56. The van der Waals surface area contributed by atoms with Crippen molar-refractivity contribution in [1.29, 1.82) is 0 Å². The average Bonchev–Trinajstić information content (AvgIpc) is 3.01. The SMILES string of the molecule is CC(C)NC1C(=O)N(OC(=O)CCc2ccccc2)C(c2cc(O)cc([N+](=O)[O-])c2)=CN1C(N)=NC(=O)OCc1ccccc1. The molecule has 4 rings (SSSR count). The molecule has 0 radical (unpaired) electrons.